The summed E-state index contributed by atoms with van der Waals surface area (Å²) < 4.78 is 26.0. The summed E-state index contributed by atoms with van der Waals surface area (Å²) in [4.78, 5) is 2.40. The second-order valence-electron chi connectivity index (χ2n) is 5.53. The number of rotatable bonds is 4. The summed E-state index contributed by atoms with van der Waals surface area (Å²) in [6.07, 6.45) is 0. The van der Waals surface area contributed by atoms with Gasteiger partial charge in [-0.1, -0.05) is 0 Å². The highest BCUT2D eigenvalue weighted by molar-refractivity contribution is 5.43. The molecule has 0 amide bonds. The first-order valence-electron chi connectivity index (χ1n) is 6.64. The van der Waals surface area contributed by atoms with E-state index in [4.69, 9.17) is 0 Å². The van der Waals surface area contributed by atoms with Crippen molar-refractivity contribution in [1.82, 2.24) is 10.2 Å². The van der Waals surface area contributed by atoms with Crippen LogP contribution in [0.1, 0.15) is 13.8 Å². The van der Waals surface area contributed by atoms with Crippen LogP contribution < -0.4 is 10.6 Å². The first kappa shape index (κ1) is 14.2. The SMILES string of the molecule is CC(C)(CNc1ccc(F)c(F)c1)N1CCNCC1. The van der Waals surface area contributed by atoms with Crippen molar-refractivity contribution < 1.29 is 8.78 Å². The minimum absolute atomic E-state index is 0.0209. The predicted molar refractivity (Wildman–Crippen MR) is 73.4 cm³/mol. The molecule has 1 fully saturated rings. The summed E-state index contributed by atoms with van der Waals surface area (Å²) in [7, 11) is 0. The molecule has 3 nitrogen and oxygen atoms in total. The largest absolute Gasteiger partial charge is 0.383 e. The van der Waals surface area contributed by atoms with Gasteiger partial charge in [0.05, 0.1) is 0 Å². The van der Waals surface area contributed by atoms with E-state index in [1.165, 1.54) is 6.07 Å². The van der Waals surface area contributed by atoms with E-state index in [0.717, 1.165) is 32.2 Å². The van der Waals surface area contributed by atoms with Gasteiger partial charge in [0, 0.05) is 44.0 Å². The Bertz CT molecular complexity index is 429. The molecule has 0 atom stereocenters. The standard InChI is InChI=1S/C14H21F2N3/c1-14(2,19-7-5-17-6-8-19)10-18-11-3-4-12(15)13(16)9-11/h3-4,9,17-18H,5-8,10H2,1-2H3. The van der Waals surface area contributed by atoms with Crippen molar-refractivity contribution in [3.8, 4) is 0 Å². The third-order valence-electron chi connectivity index (χ3n) is 3.62. The van der Waals surface area contributed by atoms with Gasteiger partial charge in [-0.05, 0) is 32.0 Å². The summed E-state index contributed by atoms with van der Waals surface area (Å²) in [6, 6.07) is 3.91. The summed E-state index contributed by atoms with van der Waals surface area (Å²) in [5.74, 6) is -1.63. The fourth-order valence-electron chi connectivity index (χ4n) is 2.31. The molecular weight excluding hydrogens is 248 g/mol. The Labute approximate surface area is 113 Å². The molecule has 0 saturated carbocycles. The van der Waals surface area contributed by atoms with E-state index in [2.05, 4.69) is 29.4 Å². The number of benzene rings is 1. The van der Waals surface area contributed by atoms with Crippen molar-refractivity contribution in [1.29, 1.82) is 0 Å². The number of halogens is 2. The van der Waals surface area contributed by atoms with Gasteiger partial charge in [-0.3, -0.25) is 4.90 Å². The molecule has 0 aromatic heterocycles. The highest BCUT2D eigenvalue weighted by Crippen LogP contribution is 2.18. The van der Waals surface area contributed by atoms with Gasteiger partial charge in [0.15, 0.2) is 11.6 Å². The van der Waals surface area contributed by atoms with E-state index in [9.17, 15) is 8.78 Å². The van der Waals surface area contributed by atoms with Gasteiger partial charge < -0.3 is 10.6 Å². The number of anilines is 1. The van der Waals surface area contributed by atoms with Crippen LogP contribution in [0.4, 0.5) is 14.5 Å². The zero-order valence-corrected chi connectivity index (χ0v) is 11.5. The van der Waals surface area contributed by atoms with E-state index < -0.39 is 11.6 Å². The van der Waals surface area contributed by atoms with Gasteiger partial charge in [0.1, 0.15) is 0 Å². The lowest BCUT2D eigenvalue weighted by Gasteiger charge is -2.41. The molecule has 1 heterocycles. The number of piperazine rings is 1. The molecular formula is C14H21F2N3. The zero-order chi connectivity index (χ0) is 13.9. The maximum absolute atomic E-state index is 13.1. The molecule has 1 aromatic rings. The Balaban J connectivity index is 1.94. The lowest BCUT2D eigenvalue weighted by molar-refractivity contribution is 0.114. The summed E-state index contributed by atoms with van der Waals surface area (Å²) in [6.45, 7) is 9.01. The smallest absolute Gasteiger partial charge is 0.160 e. The molecule has 1 aromatic carbocycles. The van der Waals surface area contributed by atoms with E-state index in [1.807, 2.05) is 0 Å². The van der Waals surface area contributed by atoms with Crippen molar-refractivity contribution in [2.24, 2.45) is 0 Å². The molecule has 0 unspecified atom stereocenters. The monoisotopic (exact) mass is 269 g/mol. The van der Waals surface area contributed by atoms with Gasteiger partial charge >= 0.3 is 0 Å². The lowest BCUT2D eigenvalue weighted by Crippen LogP contribution is -2.56. The minimum atomic E-state index is -0.815. The van der Waals surface area contributed by atoms with E-state index >= 15 is 0 Å². The van der Waals surface area contributed by atoms with Crippen LogP contribution in [0.3, 0.4) is 0 Å². The van der Waals surface area contributed by atoms with Gasteiger partial charge in [-0.15, -0.1) is 0 Å². The Morgan fingerprint density at radius 1 is 1.21 bits per heavy atom. The van der Waals surface area contributed by atoms with Crippen LogP contribution in [-0.2, 0) is 0 Å². The number of nitrogens with zero attached hydrogens (tertiary/aromatic N) is 1. The predicted octanol–water partition coefficient (Wildman–Crippen LogP) is 2.06. The van der Waals surface area contributed by atoms with E-state index in [1.54, 1.807) is 6.07 Å². The molecule has 0 bridgehead atoms. The van der Waals surface area contributed by atoms with Crippen molar-refractivity contribution in [2.75, 3.05) is 38.0 Å². The molecule has 2 N–H and O–H groups in total. The van der Waals surface area contributed by atoms with Crippen LogP contribution >= 0.6 is 0 Å². The van der Waals surface area contributed by atoms with E-state index in [-0.39, 0.29) is 5.54 Å². The average Bonchev–Trinajstić information content (AvgIpc) is 2.41. The third-order valence-corrected chi connectivity index (χ3v) is 3.62. The lowest BCUT2D eigenvalue weighted by atomic mass is 10.0. The van der Waals surface area contributed by atoms with E-state index in [0.29, 0.717) is 12.2 Å². The van der Waals surface area contributed by atoms with Crippen LogP contribution in [0, 0.1) is 11.6 Å². The first-order chi connectivity index (χ1) is 8.99. The Morgan fingerprint density at radius 3 is 2.53 bits per heavy atom. The van der Waals surface area contributed by atoms with Crippen molar-refractivity contribution in [3.05, 3.63) is 29.8 Å². The fourth-order valence-corrected chi connectivity index (χ4v) is 2.31. The van der Waals surface area contributed by atoms with Crippen molar-refractivity contribution >= 4 is 5.69 Å². The first-order valence-corrected chi connectivity index (χ1v) is 6.64. The molecule has 1 saturated heterocycles. The number of hydrogen-bond acceptors (Lipinski definition) is 3. The summed E-state index contributed by atoms with van der Waals surface area (Å²) >= 11 is 0. The molecule has 0 spiro atoms. The Hall–Kier alpha value is -1.20. The van der Waals surface area contributed by atoms with Crippen molar-refractivity contribution in [2.45, 2.75) is 19.4 Å². The number of nitrogens with one attached hydrogen (secondary N) is 2. The van der Waals surface area contributed by atoms with Gasteiger partial charge in [-0.2, -0.15) is 0 Å². The quantitative estimate of drug-likeness (QED) is 0.876. The average molecular weight is 269 g/mol. The third kappa shape index (κ3) is 3.64. The maximum atomic E-state index is 13.1. The minimum Gasteiger partial charge on any atom is -0.383 e. The highest BCUT2D eigenvalue weighted by atomic mass is 19.2. The van der Waals surface area contributed by atoms with Crippen LogP contribution in [0.5, 0.6) is 0 Å². The van der Waals surface area contributed by atoms with Crippen LogP contribution in [0.2, 0.25) is 0 Å². The summed E-state index contributed by atoms with van der Waals surface area (Å²) in [5, 5.41) is 6.50. The van der Waals surface area contributed by atoms with Gasteiger partial charge in [0.25, 0.3) is 0 Å². The maximum Gasteiger partial charge on any atom is 0.160 e. The topological polar surface area (TPSA) is 27.3 Å². The molecule has 106 valence electrons. The van der Waals surface area contributed by atoms with Crippen LogP contribution in [-0.4, -0.2) is 43.2 Å². The van der Waals surface area contributed by atoms with Crippen LogP contribution in [0.25, 0.3) is 0 Å². The summed E-state index contributed by atoms with van der Waals surface area (Å²) in [5.41, 5.74) is 0.592. The van der Waals surface area contributed by atoms with Crippen molar-refractivity contribution in [3.63, 3.8) is 0 Å². The second kappa shape index (κ2) is 5.84. The second-order valence-corrected chi connectivity index (χ2v) is 5.53. The highest BCUT2D eigenvalue weighted by Gasteiger charge is 2.27. The Kier molecular flexibility index (Phi) is 4.37. The van der Waals surface area contributed by atoms with Crippen LogP contribution in [0.15, 0.2) is 18.2 Å². The zero-order valence-electron chi connectivity index (χ0n) is 11.5. The Morgan fingerprint density at radius 2 is 1.89 bits per heavy atom. The molecule has 0 aliphatic carbocycles. The van der Waals surface area contributed by atoms with Gasteiger partial charge in [-0.25, -0.2) is 8.78 Å². The molecule has 5 heteroatoms. The molecule has 1 aliphatic rings. The molecule has 1 aliphatic heterocycles. The van der Waals surface area contributed by atoms with Gasteiger partial charge in [0.2, 0.25) is 0 Å². The molecule has 19 heavy (non-hydrogen) atoms. The molecule has 2 rings (SSSR count). The fraction of sp³-hybridized carbons (Fsp3) is 0.571. The number of hydrogen-bond donors (Lipinski definition) is 2. The normalized spacial score (nSPS) is 17.5. The molecule has 0 radical (unpaired) electrons.